The summed E-state index contributed by atoms with van der Waals surface area (Å²) in [5.41, 5.74) is -1.57. The zero-order valence-electron chi connectivity index (χ0n) is 20.8. The molecule has 2 bridgehead atoms. The highest BCUT2D eigenvalue weighted by atomic mass is 35.5. The molecule has 2 fully saturated rings. The Morgan fingerprint density at radius 2 is 1.82 bits per heavy atom. The van der Waals surface area contributed by atoms with Crippen LogP contribution in [-0.4, -0.2) is 54.6 Å². The van der Waals surface area contributed by atoms with Crippen LogP contribution in [0.4, 0.5) is 18.9 Å². The standard InChI is InChI=1S/C26H30ClF3N2O5S/c1-13-5-16-7-18(10-19(13)26(16,35)12-31-11-14(2)33)38(36,37)23-6-15(3-4-20(23)27)25(34)32-17-8-21(28)24(30)22(29)9-17/h3-4,6,8-9,13-14,16,18-19,31,33,35H,5,7,10-12H2,1-2H3,(H,32,34)/t13-,14?,16?,18+,19?,26+/m0/s1. The van der Waals surface area contributed by atoms with Crippen LogP contribution in [0.25, 0.3) is 0 Å². The molecule has 38 heavy (non-hydrogen) atoms. The van der Waals surface area contributed by atoms with Gasteiger partial charge in [-0.15, -0.1) is 0 Å². The molecule has 1 amide bonds. The van der Waals surface area contributed by atoms with E-state index in [1.165, 1.54) is 12.1 Å². The molecule has 0 spiro atoms. The summed E-state index contributed by atoms with van der Waals surface area (Å²) in [5.74, 6) is -6.00. The summed E-state index contributed by atoms with van der Waals surface area (Å²) in [7, 11) is -4.03. The molecule has 0 aliphatic heterocycles. The largest absolute Gasteiger partial charge is 0.392 e. The monoisotopic (exact) mass is 574 g/mol. The van der Waals surface area contributed by atoms with E-state index < -0.39 is 50.2 Å². The van der Waals surface area contributed by atoms with Crippen LogP contribution in [0.2, 0.25) is 5.02 Å². The maximum Gasteiger partial charge on any atom is 0.255 e. The fraction of sp³-hybridized carbons (Fsp3) is 0.500. The highest BCUT2D eigenvalue weighted by molar-refractivity contribution is 7.92. The van der Waals surface area contributed by atoms with Gasteiger partial charge in [0.2, 0.25) is 0 Å². The van der Waals surface area contributed by atoms with Gasteiger partial charge >= 0.3 is 0 Å². The Hall–Kier alpha value is -2.18. The number of amides is 1. The van der Waals surface area contributed by atoms with Gasteiger partial charge in [-0.05, 0) is 62.1 Å². The molecule has 12 heteroatoms. The van der Waals surface area contributed by atoms with Crippen LogP contribution in [-0.2, 0) is 9.84 Å². The van der Waals surface area contributed by atoms with E-state index in [1.807, 2.05) is 6.92 Å². The van der Waals surface area contributed by atoms with Crippen molar-refractivity contribution >= 4 is 33.0 Å². The topological polar surface area (TPSA) is 116 Å². The maximum absolute atomic E-state index is 13.7. The molecular weight excluding hydrogens is 545 g/mol. The summed E-state index contributed by atoms with van der Waals surface area (Å²) in [5, 5.41) is 25.4. The number of halogens is 4. The fourth-order valence-corrected chi connectivity index (χ4v) is 8.31. The molecular formula is C26H30ClF3N2O5S. The van der Waals surface area contributed by atoms with Crippen molar-refractivity contribution < 1.29 is 36.6 Å². The first kappa shape index (κ1) is 28.8. The Morgan fingerprint density at radius 1 is 1.16 bits per heavy atom. The highest BCUT2D eigenvalue weighted by Crippen LogP contribution is 2.54. The molecule has 6 atom stereocenters. The summed E-state index contributed by atoms with van der Waals surface area (Å²) in [4.78, 5) is 12.5. The summed E-state index contributed by atoms with van der Waals surface area (Å²) in [6.45, 7) is 4.16. The summed E-state index contributed by atoms with van der Waals surface area (Å²) >= 11 is 6.26. The third kappa shape index (κ3) is 5.44. The van der Waals surface area contributed by atoms with E-state index in [9.17, 15) is 36.6 Å². The van der Waals surface area contributed by atoms with Crippen LogP contribution >= 0.6 is 11.6 Å². The second-order valence-corrected chi connectivity index (χ2v) is 13.1. The smallest absolute Gasteiger partial charge is 0.255 e. The molecule has 4 N–H and O–H groups in total. The number of sulfone groups is 1. The van der Waals surface area contributed by atoms with Crippen molar-refractivity contribution in [2.24, 2.45) is 17.8 Å². The van der Waals surface area contributed by atoms with Gasteiger partial charge in [0.25, 0.3) is 5.91 Å². The number of aliphatic hydroxyl groups excluding tert-OH is 1. The van der Waals surface area contributed by atoms with Gasteiger partial charge in [-0.1, -0.05) is 18.5 Å². The molecule has 208 valence electrons. The number of nitrogens with one attached hydrogen (secondary N) is 2. The van der Waals surface area contributed by atoms with Gasteiger partial charge in [0, 0.05) is 36.5 Å². The predicted octanol–water partition coefficient (Wildman–Crippen LogP) is 3.92. The zero-order valence-corrected chi connectivity index (χ0v) is 22.4. The van der Waals surface area contributed by atoms with Crippen LogP contribution in [0.5, 0.6) is 0 Å². The second-order valence-electron chi connectivity index (χ2n) is 10.5. The summed E-state index contributed by atoms with van der Waals surface area (Å²) in [6.07, 6.45) is 0.480. The minimum absolute atomic E-state index is 0.0831. The molecule has 4 rings (SSSR count). The first-order chi connectivity index (χ1) is 17.7. The normalized spacial score (nSPS) is 27.8. The van der Waals surface area contributed by atoms with Crippen LogP contribution < -0.4 is 10.6 Å². The minimum Gasteiger partial charge on any atom is -0.392 e. The van der Waals surface area contributed by atoms with Gasteiger partial charge < -0.3 is 20.8 Å². The third-order valence-electron chi connectivity index (χ3n) is 7.78. The van der Waals surface area contributed by atoms with Crippen molar-refractivity contribution in [2.45, 2.75) is 55.0 Å². The van der Waals surface area contributed by atoms with Gasteiger partial charge in [0.05, 0.1) is 26.9 Å². The van der Waals surface area contributed by atoms with Gasteiger partial charge in [-0.2, -0.15) is 0 Å². The summed E-state index contributed by atoms with van der Waals surface area (Å²) in [6, 6.07) is 4.86. The van der Waals surface area contributed by atoms with Crippen molar-refractivity contribution in [3.8, 4) is 0 Å². The highest BCUT2D eigenvalue weighted by Gasteiger charge is 2.58. The number of hydrogen-bond donors (Lipinski definition) is 4. The first-order valence-electron chi connectivity index (χ1n) is 12.3. The Balaban J connectivity index is 1.56. The average Bonchev–Trinajstić information content (AvgIpc) is 2.95. The van der Waals surface area contributed by atoms with Gasteiger partial charge in [0.15, 0.2) is 27.3 Å². The average molecular weight is 575 g/mol. The van der Waals surface area contributed by atoms with Crippen molar-refractivity contribution in [3.05, 3.63) is 58.4 Å². The molecule has 2 saturated carbocycles. The Bertz CT molecular complexity index is 1320. The number of carbonyl (C=O) groups excluding carboxylic acids is 1. The molecule has 2 aliphatic rings. The van der Waals surface area contributed by atoms with E-state index in [2.05, 4.69) is 10.6 Å². The lowest BCUT2D eigenvalue weighted by Crippen LogP contribution is -2.55. The van der Waals surface area contributed by atoms with E-state index in [0.29, 0.717) is 25.1 Å². The molecule has 2 aromatic rings. The molecule has 0 saturated heterocycles. The second kappa shape index (κ2) is 10.8. The van der Waals surface area contributed by atoms with Crippen molar-refractivity contribution in [2.75, 3.05) is 18.4 Å². The number of rotatable bonds is 8. The predicted molar refractivity (Wildman–Crippen MR) is 136 cm³/mol. The zero-order chi connectivity index (χ0) is 28.0. The molecule has 2 aliphatic carbocycles. The Labute approximate surface area is 224 Å². The van der Waals surface area contributed by atoms with E-state index >= 15 is 0 Å². The Kier molecular flexibility index (Phi) is 8.17. The van der Waals surface area contributed by atoms with Crippen LogP contribution in [0.15, 0.2) is 35.2 Å². The number of aliphatic hydroxyl groups is 2. The summed E-state index contributed by atoms with van der Waals surface area (Å²) < 4.78 is 67.7. The fourth-order valence-electron chi connectivity index (χ4n) is 5.93. The molecule has 0 heterocycles. The maximum atomic E-state index is 13.7. The van der Waals surface area contributed by atoms with Crippen LogP contribution in [0, 0.1) is 35.2 Å². The lowest BCUT2D eigenvalue weighted by molar-refractivity contribution is -0.0622. The van der Waals surface area contributed by atoms with Gasteiger partial charge in [-0.25, -0.2) is 21.6 Å². The van der Waals surface area contributed by atoms with Gasteiger partial charge in [0.1, 0.15) is 0 Å². The van der Waals surface area contributed by atoms with E-state index in [1.54, 1.807) is 6.92 Å². The molecule has 7 nitrogen and oxygen atoms in total. The molecule has 0 radical (unpaired) electrons. The molecule has 2 aromatic carbocycles. The van der Waals surface area contributed by atoms with E-state index in [0.717, 1.165) is 6.07 Å². The number of fused-ring (bicyclic) bond motifs is 2. The Morgan fingerprint density at radius 3 is 2.42 bits per heavy atom. The lowest BCUT2D eigenvalue weighted by atomic mass is 9.73. The molecule has 3 unspecified atom stereocenters. The third-order valence-corrected chi connectivity index (χ3v) is 10.4. The lowest BCUT2D eigenvalue weighted by Gasteiger charge is -2.43. The number of hydrogen-bond acceptors (Lipinski definition) is 6. The number of anilines is 1. The van der Waals surface area contributed by atoms with Crippen molar-refractivity contribution in [1.29, 1.82) is 0 Å². The van der Waals surface area contributed by atoms with E-state index in [-0.39, 0.29) is 58.3 Å². The first-order valence-corrected chi connectivity index (χ1v) is 14.3. The quantitative estimate of drug-likeness (QED) is 0.355. The van der Waals surface area contributed by atoms with Crippen molar-refractivity contribution in [1.82, 2.24) is 5.32 Å². The van der Waals surface area contributed by atoms with Crippen molar-refractivity contribution in [3.63, 3.8) is 0 Å². The SMILES string of the molecule is CC(O)CNC[C@@]1(O)C2C[C@@H](S(=O)(=O)c3cc(C(=O)Nc4cc(F)c(F)c(F)c4)ccc3Cl)CC1[C@@H](C)C2. The molecule has 0 aromatic heterocycles. The van der Waals surface area contributed by atoms with E-state index in [4.69, 9.17) is 11.6 Å². The van der Waals surface area contributed by atoms with Crippen LogP contribution in [0.3, 0.4) is 0 Å². The minimum atomic E-state index is -4.03. The number of benzene rings is 2. The number of carbonyl (C=O) groups is 1. The van der Waals surface area contributed by atoms with Crippen LogP contribution in [0.1, 0.15) is 43.5 Å². The van der Waals surface area contributed by atoms with Gasteiger partial charge in [-0.3, -0.25) is 4.79 Å².